The van der Waals surface area contributed by atoms with E-state index in [0.29, 0.717) is 25.9 Å². The van der Waals surface area contributed by atoms with Crippen molar-refractivity contribution in [2.75, 3.05) is 18.0 Å². The summed E-state index contributed by atoms with van der Waals surface area (Å²) in [6.45, 7) is 3.07. The van der Waals surface area contributed by atoms with E-state index in [0.717, 1.165) is 38.1 Å². The van der Waals surface area contributed by atoms with Crippen molar-refractivity contribution < 1.29 is 22.7 Å². The van der Waals surface area contributed by atoms with Gasteiger partial charge in [-0.1, -0.05) is 39.0 Å². The number of carbonyl (C=O) groups excluding carboxylic acids is 1. The van der Waals surface area contributed by atoms with Gasteiger partial charge in [-0.3, -0.25) is 10.1 Å². The van der Waals surface area contributed by atoms with Gasteiger partial charge in [0.05, 0.1) is 12.1 Å². The maximum Gasteiger partial charge on any atom is 0.419 e. The number of fused-ring (bicyclic) bond motifs is 2. The zero-order valence-corrected chi connectivity index (χ0v) is 16.8. The van der Waals surface area contributed by atoms with Crippen LogP contribution in [0.5, 0.6) is 0 Å². The van der Waals surface area contributed by atoms with Gasteiger partial charge < -0.3 is 9.64 Å². The molecule has 0 spiro atoms. The summed E-state index contributed by atoms with van der Waals surface area (Å²) in [6, 6.07) is 0.0940. The van der Waals surface area contributed by atoms with Gasteiger partial charge in [-0.25, -0.2) is 9.97 Å². The lowest BCUT2D eigenvalue weighted by molar-refractivity contribution is -0.162. The third kappa shape index (κ3) is 5.81. The monoisotopic (exact) mass is 414 g/mol. The molecular formula is C20H29F3N4O2. The zero-order chi connectivity index (χ0) is 20.9. The van der Waals surface area contributed by atoms with Gasteiger partial charge in [-0.15, -0.1) is 0 Å². The second-order valence-corrected chi connectivity index (χ2v) is 8.02. The van der Waals surface area contributed by atoms with E-state index in [4.69, 9.17) is 4.74 Å². The molecule has 2 aliphatic heterocycles. The zero-order valence-electron chi connectivity index (χ0n) is 16.8. The first kappa shape index (κ1) is 21.8. The smallest absolute Gasteiger partial charge is 0.419 e. The van der Waals surface area contributed by atoms with Crippen LogP contribution in [0.4, 0.5) is 19.1 Å². The quantitative estimate of drug-likeness (QED) is 0.486. The summed E-state index contributed by atoms with van der Waals surface area (Å²) < 4.78 is 44.0. The summed E-state index contributed by atoms with van der Waals surface area (Å²) in [7, 11) is 0. The minimum atomic E-state index is -4.46. The van der Waals surface area contributed by atoms with Crippen LogP contribution in [0.2, 0.25) is 0 Å². The molecule has 2 saturated heterocycles. The van der Waals surface area contributed by atoms with Gasteiger partial charge in [0.15, 0.2) is 5.72 Å². The van der Waals surface area contributed by atoms with Gasteiger partial charge >= 0.3 is 12.1 Å². The number of halogens is 3. The van der Waals surface area contributed by atoms with Gasteiger partial charge in [0.1, 0.15) is 0 Å². The Kier molecular flexibility index (Phi) is 6.97. The molecule has 0 aromatic carbocycles. The summed E-state index contributed by atoms with van der Waals surface area (Å²) in [4.78, 5) is 21.9. The molecule has 1 aromatic rings. The Bertz CT molecular complexity index is 683. The van der Waals surface area contributed by atoms with E-state index in [9.17, 15) is 18.0 Å². The molecule has 0 amide bonds. The maximum atomic E-state index is 12.7. The topological polar surface area (TPSA) is 67.3 Å². The van der Waals surface area contributed by atoms with Crippen molar-refractivity contribution >= 4 is 11.9 Å². The highest BCUT2D eigenvalue weighted by Gasteiger charge is 2.48. The van der Waals surface area contributed by atoms with Crippen molar-refractivity contribution in [2.24, 2.45) is 0 Å². The third-order valence-corrected chi connectivity index (χ3v) is 5.54. The fourth-order valence-electron chi connectivity index (χ4n) is 4.04. The molecule has 6 nitrogen and oxygen atoms in total. The number of esters is 1. The van der Waals surface area contributed by atoms with E-state index in [1.54, 1.807) is 4.90 Å². The number of anilines is 1. The summed E-state index contributed by atoms with van der Waals surface area (Å²) in [5.74, 6) is -0.00780. The van der Waals surface area contributed by atoms with Crippen LogP contribution in [0, 0.1) is 0 Å². The minimum absolute atomic E-state index is 0.0940. The van der Waals surface area contributed by atoms with Crippen LogP contribution in [0.15, 0.2) is 12.4 Å². The van der Waals surface area contributed by atoms with Crippen LogP contribution in [0.1, 0.15) is 70.3 Å². The SMILES string of the molecule is CCCCCCCCC(=O)OC12CCC(CN(c3ncc(C(F)(F)F)cn3)C1)N2. The molecule has 9 heteroatoms. The third-order valence-electron chi connectivity index (χ3n) is 5.54. The first-order chi connectivity index (χ1) is 13.8. The van der Waals surface area contributed by atoms with Crippen molar-refractivity contribution in [3.05, 3.63) is 18.0 Å². The second-order valence-electron chi connectivity index (χ2n) is 8.02. The average Bonchev–Trinajstić information content (AvgIpc) is 2.97. The molecular weight excluding hydrogens is 385 g/mol. The predicted octanol–water partition coefficient (Wildman–Crippen LogP) is 4.06. The van der Waals surface area contributed by atoms with Crippen LogP contribution in [0.3, 0.4) is 0 Å². The Balaban J connectivity index is 1.54. The number of unbranched alkanes of at least 4 members (excludes halogenated alkanes) is 5. The van der Waals surface area contributed by atoms with Crippen LogP contribution in [-0.4, -0.2) is 40.8 Å². The summed E-state index contributed by atoms with van der Waals surface area (Å²) >= 11 is 0. The van der Waals surface area contributed by atoms with E-state index in [2.05, 4.69) is 22.2 Å². The predicted molar refractivity (Wildman–Crippen MR) is 102 cm³/mol. The van der Waals surface area contributed by atoms with Crippen LogP contribution >= 0.6 is 0 Å². The average molecular weight is 414 g/mol. The van der Waals surface area contributed by atoms with Gasteiger partial charge in [-0.2, -0.15) is 13.2 Å². The van der Waals surface area contributed by atoms with Gasteiger partial charge in [0, 0.05) is 37.8 Å². The van der Waals surface area contributed by atoms with E-state index < -0.39 is 17.5 Å². The summed E-state index contributed by atoms with van der Waals surface area (Å²) in [5.41, 5.74) is -1.69. The van der Waals surface area contributed by atoms with Gasteiger partial charge in [0.2, 0.25) is 5.95 Å². The van der Waals surface area contributed by atoms with Crippen molar-refractivity contribution in [3.63, 3.8) is 0 Å². The molecule has 2 atom stereocenters. The van der Waals surface area contributed by atoms with E-state index in [-0.39, 0.29) is 18.0 Å². The highest BCUT2D eigenvalue weighted by Crippen LogP contribution is 2.34. The number of nitrogens with one attached hydrogen (secondary N) is 1. The molecule has 2 fully saturated rings. The standard InChI is InChI=1S/C20H29F3N4O2/c1-2-3-4-5-6-7-8-17(28)29-19-10-9-16(26-19)13-27(14-19)18-24-11-15(12-25-18)20(21,22)23/h11-12,16,26H,2-10,13-14H2,1H3. The van der Waals surface area contributed by atoms with E-state index in [1.807, 2.05) is 0 Å². The van der Waals surface area contributed by atoms with Crippen LogP contribution < -0.4 is 10.2 Å². The molecule has 1 aromatic heterocycles. The lowest BCUT2D eigenvalue weighted by Gasteiger charge is -2.40. The molecule has 0 saturated carbocycles. The van der Waals surface area contributed by atoms with Crippen molar-refractivity contribution in [1.29, 1.82) is 0 Å². The first-order valence-electron chi connectivity index (χ1n) is 10.4. The van der Waals surface area contributed by atoms with Gasteiger partial charge in [0.25, 0.3) is 0 Å². The fraction of sp³-hybridized carbons (Fsp3) is 0.750. The Morgan fingerprint density at radius 1 is 1.24 bits per heavy atom. The van der Waals surface area contributed by atoms with Crippen LogP contribution in [-0.2, 0) is 15.7 Å². The maximum absolute atomic E-state index is 12.7. The van der Waals surface area contributed by atoms with E-state index >= 15 is 0 Å². The Morgan fingerprint density at radius 2 is 1.93 bits per heavy atom. The fourth-order valence-corrected chi connectivity index (χ4v) is 4.04. The number of hydrogen-bond acceptors (Lipinski definition) is 6. The number of ether oxygens (including phenoxy) is 1. The number of carbonyl (C=O) groups is 1. The lowest BCUT2D eigenvalue weighted by Crippen LogP contribution is -2.61. The lowest BCUT2D eigenvalue weighted by atomic mass is 10.1. The number of hydrogen-bond donors (Lipinski definition) is 1. The van der Waals surface area contributed by atoms with Crippen molar-refractivity contribution in [2.45, 2.75) is 82.7 Å². The molecule has 0 radical (unpaired) electrons. The van der Waals surface area contributed by atoms with Gasteiger partial charge in [-0.05, 0) is 12.8 Å². The number of piperazine rings is 1. The first-order valence-corrected chi connectivity index (χ1v) is 10.4. The normalized spacial score (nSPS) is 24.0. The molecule has 2 bridgehead atoms. The number of alkyl halides is 3. The molecule has 1 N–H and O–H groups in total. The number of aromatic nitrogens is 2. The van der Waals surface area contributed by atoms with Crippen molar-refractivity contribution in [3.8, 4) is 0 Å². The molecule has 0 aliphatic carbocycles. The second kappa shape index (κ2) is 9.28. The molecule has 2 aliphatic rings. The van der Waals surface area contributed by atoms with Crippen LogP contribution in [0.25, 0.3) is 0 Å². The summed E-state index contributed by atoms with van der Waals surface area (Å²) in [6.07, 6.45) is 5.60. The number of nitrogens with zero attached hydrogens (tertiary/aromatic N) is 3. The summed E-state index contributed by atoms with van der Waals surface area (Å²) in [5, 5.41) is 3.37. The molecule has 3 rings (SSSR count). The molecule has 2 unspecified atom stereocenters. The molecule has 29 heavy (non-hydrogen) atoms. The molecule has 162 valence electrons. The molecule has 3 heterocycles. The Hall–Kier alpha value is -1.90. The Morgan fingerprint density at radius 3 is 2.62 bits per heavy atom. The van der Waals surface area contributed by atoms with Crippen molar-refractivity contribution in [1.82, 2.24) is 15.3 Å². The highest BCUT2D eigenvalue weighted by atomic mass is 19.4. The number of rotatable bonds is 9. The Labute approximate surface area is 169 Å². The largest absolute Gasteiger partial charge is 0.442 e. The highest BCUT2D eigenvalue weighted by molar-refractivity contribution is 5.70. The van der Waals surface area contributed by atoms with E-state index in [1.165, 1.54) is 19.3 Å². The minimum Gasteiger partial charge on any atom is -0.442 e.